The number of carbonyl (C=O) groups excluding carboxylic acids is 1. The zero-order valence-corrected chi connectivity index (χ0v) is 19.5. The Kier molecular flexibility index (Phi) is 10.2. The van der Waals surface area contributed by atoms with Crippen LogP contribution in [-0.2, 0) is 16.0 Å². The third kappa shape index (κ3) is 7.48. The lowest BCUT2D eigenvalue weighted by Crippen LogP contribution is -2.38. The Bertz CT molecular complexity index is 871. The zero-order valence-electron chi connectivity index (χ0n) is 18.7. The van der Waals surface area contributed by atoms with Crippen molar-refractivity contribution in [2.75, 3.05) is 33.5 Å². The summed E-state index contributed by atoms with van der Waals surface area (Å²) in [6, 6.07) is 3.64. The molecule has 0 bridgehead atoms. The standard InChI is InChI=1S/C21H31N5O4S/c1-6-22-21(24-13-16-9-8-10-23-18(16)30-12-11-28-5)26-15(4)19-25-14(3)17(31-19)20(27)29-7-2/h8-10,15H,6-7,11-13H2,1-5H3,(H2,22,24,26). The highest BCUT2D eigenvalue weighted by molar-refractivity contribution is 7.13. The average molecular weight is 450 g/mol. The Labute approximate surface area is 187 Å². The largest absolute Gasteiger partial charge is 0.475 e. The number of thiazole rings is 1. The molecule has 0 saturated heterocycles. The predicted octanol–water partition coefficient (Wildman–Crippen LogP) is 2.86. The van der Waals surface area contributed by atoms with E-state index in [1.54, 1.807) is 20.2 Å². The molecule has 0 saturated carbocycles. The smallest absolute Gasteiger partial charge is 0.350 e. The number of ether oxygens (including phenoxy) is 3. The molecule has 0 aromatic carbocycles. The van der Waals surface area contributed by atoms with E-state index in [1.165, 1.54) is 11.3 Å². The van der Waals surface area contributed by atoms with Crippen LogP contribution in [0.3, 0.4) is 0 Å². The Hall–Kier alpha value is -2.72. The van der Waals surface area contributed by atoms with Crippen molar-refractivity contribution in [2.45, 2.75) is 40.3 Å². The Morgan fingerprint density at radius 1 is 1.32 bits per heavy atom. The Morgan fingerprint density at radius 3 is 2.84 bits per heavy atom. The first-order chi connectivity index (χ1) is 15.0. The summed E-state index contributed by atoms with van der Waals surface area (Å²) in [6.07, 6.45) is 1.69. The van der Waals surface area contributed by atoms with Crippen molar-refractivity contribution in [3.05, 3.63) is 39.5 Å². The highest BCUT2D eigenvalue weighted by Gasteiger charge is 2.20. The van der Waals surface area contributed by atoms with Gasteiger partial charge in [0.15, 0.2) is 5.96 Å². The van der Waals surface area contributed by atoms with Gasteiger partial charge in [-0.1, -0.05) is 6.07 Å². The molecule has 0 spiro atoms. The molecule has 2 aromatic rings. The van der Waals surface area contributed by atoms with E-state index < -0.39 is 0 Å². The number of nitrogens with one attached hydrogen (secondary N) is 2. The fraction of sp³-hybridized carbons (Fsp3) is 0.524. The normalized spacial score (nSPS) is 12.4. The van der Waals surface area contributed by atoms with Crippen LogP contribution in [0.1, 0.15) is 52.7 Å². The molecule has 0 aliphatic carbocycles. The van der Waals surface area contributed by atoms with E-state index in [-0.39, 0.29) is 12.0 Å². The maximum absolute atomic E-state index is 12.1. The number of pyridine rings is 1. The van der Waals surface area contributed by atoms with Crippen LogP contribution in [0.15, 0.2) is 23.3 Å². The van der Waals surface area contributed by atoms with Crippen LogP contribution in [0.25, 0.3) is 0 Å². The number of aryl methyl sites for hydroxylation is 1. The lowest BCUT2D eigenvalue weighted by atomic mass is 10.3. The molecule has 0 fully saturated rings. The van der Waals surface area contributed by atoms with Crippen molar-refractivity contribution in [2.24, 2.45) is 4.99 Å². The van der Waals surface area contributed by atoms with Gasteiger partial charge in [0.1, 0.15) is 16.5 Å². The number of guanidine groups is 1. The summed E-state index contributed by atoms with van der Waals surface area (Å²) in [5.74, 6) is 0.836. The summed E-state index contributed by atoms with van der Waals surface area (Å²) in [5.41, 5.74) is 1.54. The van der Waals surface area contributed by atoms with Crippen molar-refractivity contribution in [3.8, 4) is 5.88 Å². The lowest BCUT2D eigenvalue weighted by molar-refractivity contribution is 0.0531. The number of methoxy groups -OCH3 is 1. The van der Waals surface area contributed by atoms with Crippen LogP contribution in [0, 0.1) is 6.92 Å². The monoisotopic (exact) mass is 449 g/mol. The van der Waals surface area contributed by atoms with Crippen LogP contribution >= 0.6 is 11.3 Å². The second kappa shape index (κ2) is 12.9. The number of hydrogen-bond acceptors (Lipinski definition) is 8. The highest BCUT2D eigenvalue weighted by Crippen LogP contribution is 2.24. The molecule has 0 aliphatic heterocycles. The Morgan fingerprint density at radius 2 is 2.13 bits per heavy atom. The van der Waals surface area contributed by atoms with Crippen molar-refractivity contribution in [1.29, 1.82) is 0 Å². The van der Waals surface area contributed by atoms with E-state index in [1.807, 2.05) is 32.9 Å². The van der Waals surface area contributed by atoms with Crippen molar-refractivity contribution in [1.82, 2.24) is 20.6 Å². The van der Waals surface area contributed by atoms with E-state index in [9.17, 15) is 4.79 Å². The first-order valence-corrected chi connectivity index (χ1v) is 11.1. The summed E-state index contributed by atoms with van der Waals surface area (Å²) in [7, 11) is 1.63. The molecule has 0 amide bonds. The molecule has 2 aromatic heterocycles. The number of aliphatic imine (C=N–C) groups is 1. The molecular weight excluding hydrogens is 418 g/mol. The first kappa shape index (κ1) is 24.5. The highest BCUT2D eigenvalue weighted by atomic mass is 32.1. The SMILES string of the molecule is CCNC(=NCc1cccnc1OCCOC)NC(C)c1nc(C)c(C(=O)OCC)s1. The summed E-state index contributed by atoms with van der Waals surface area (Å²) < 4.78 is 15.8. The molecule has 170 valence electrons. The van der Waals surface area contributed by atoms with E-state index in [4.69, 9.17) is 14.2 Å². The predicted molar refractivity (Wildman–Crippen MR) is 121 cm³/mol. The molecule has 0 radical (unpaired) electrons. The van der Waals surface area contributed by atoms with Gasteiger partial charge in [0, 0.05) is 25.4 Å². The number of aromatic nitrogens is 2. The molecule has 0 aliphatic rings. The first-order valence-electron chi connectivity index (χ1n) is 10.2. The summed E-state index contributed by atoms with van der Waals surface area (Å²) in [5, 5.41) is 7.36. The van der Waals surface area contributed by atoms with Crippen LogP contribution in [0.2, 0.25) is 0 Å². The van der Waals surface area contributed by atoms with E-state index >= 15 is 0 Å². The zero-order chi connectivity index (χ0) is 22.6. The minimum atomic E-state index is -0.339. The van der Waals surface area contributed by atoms with Gasteiger partial charge in [0.05, 0.1) is 31.5 Å². The molecule has 31 heavy (non-hydrogen) atoms. The van der Waals surface area contributed by atoms with Crippen LogP contribution in [0.5, 0.6) is 5.88 Å². The Balaban J connectivity index is 2.10. The summed E-state index contributed by atoms with van der Waals surface area (Å²) in [4.78, 5) is 26.1. The van der Waals surface area contributed by atoms with Gasteiger partial charge in [0.25, 0.3) is 0 Å². The fourth-order valence-corrected chi connectivity index (χ4v) is 3.60. The van der Waals surface area contributed by atoms with E-state index in [2.05, 4.69) is 25.6 Å². The average Bonchev–Trinajstić information content (AvgIpc) is 3.15. The molecule has 2 rings (SSSR count). The summed E-state index contributed by atoms with van der Waals surface area (Å²) in [6.45, 7) is 9.91. The number of carbonyl (C=O) groups is 1. The molecular formula is C21H31N5O4S. The van der Waals surface area contributed by atoms with E-state index in [0.717, 1.165) is 10.6 Å². The molecule has 2 heterocycles. The van der Waals surface area contributed by atoms with E-state index in [0.29, 0.717) is 55.3 Å². The maximum Gasteiger partial charge on any atom is 0.350 e. The third-order valence-electron chi connectivity index (χ3n) is 4.13. The molecule has 1 unspecified atom stereocenters. The van der Waals surface area contributed by atoms with Crippen molar-refractivity contribution in [3.63, 3.8) is 0 Å². The van der Waals surface area contributed by atoms with Gasteiger partial charge in [-0.05, 0) is 33.8 Å². The van der Waals surface area contributed by atoms with Crippen LogP contribution in [0.4, 0.5) is 0 Å². The minimum absolute atomic E-state index is 0.143. The van der Waals surface area contributed by atoms with Crippen molar-refractivity contribution < 1.29 is 19.0 Å². The molecule has 2 N–H and O–H groups in total. The number of hydrogen-bond donors (Lipinski definition) is 2. The van der Waals surface area contributed by atoms with Crippen LogP contribution < -0.4 is 15.4 Å². The van der Waals surface area contributed by atoms with Gasteiger partial charge in [-0.3, -0.25) is 0 Å². The second-order valence-electron chi connectivity index (χ2n) is 6.56. The molecule has 10 heteroatoms. The maximum atomic E-state index is 12.1. The summed E-state index contributed by atoms with van der Waals surface area (Å²) >= 11 is 1.33. The van der Waals surface area contributed by atoms with Gasteiger partial charge in [0.2, 0.25) is 5.88 Å². The van der Waals surface area contributed by atoms with Gasteiger partial charge < -0.3 is 24.8 Å². The van der Waals surface area contributed by atoms with Crippen LogP contribution in [-0.4, -0.2) is 55.4 Å². The lowest BCUT2D eigenvalue weighted by Gasteiger charge is -2.16. The third-order valence-corrected chi connectivity index (χ3v) is 5.45. The number of rotatable bonds is 11. The second-order valence-corrected chi connectivity index (χ2v) is 7.59. The molecule has 9 nitrogen and oxygen atoms in total. The van der Waals surface area contributed by atoms with Gasteiger partial charge in [-0.15, -0.1) is 11.3 Å². The molecule has 1 atom stereocenters. The van der Waals surface area contributed by atoms with Gasteiger partial charge in [-0.25, -0.2) is 19.8 Å². The van der Waals surface area contributed by atoms with Gasteiger partial charge >= 0.3 is 5.97 Å². The van der Waals surface area contributed by atoms with Gasteiger partial charge in [-0.2, -0.15) is 0 Å². The number of esters is 1. The quantitative estimate of drug-likeness (QED) is 0.233. The van der Waals surface area contributed by atoms with Crippen molar-refractivity contribution >= 4 is 23.3 Å². The fourth-order valence-electron chi connectivity index (χ4n) is 2.64. The minimum Gasteiger partial charge on any atom is -0.475 e. The number of nitrogens with zero attached hydrogens (tertiary/aromatic N) is 3. The topological polar surface area (TPSA) is 107 Å².